The minimum atomic E-state index is -1.29. The second kappa shape index (κ2) is 7.96. The van der Waals surface area contributed by atoms with Crippen molar-refractivity contribution < 1.29 is 19.1 Å². The molecule has 1 aliphatic rings. The smallest absolute Gasteiger partial charge is 0.348 e. The van der Waals surface area contributed by atoms with Crippen molar-refractivity contribution in [3.63, 3.8) is 0 Å². The highest BCUT2D eigenvalue weighted by Gasteiger charge is 2.39. The molecule has 0 atom stereocenters. The number of nitrogens with zero attached hydrogens (tertiary/aromatic N) is 5. The Kier molecular flexibility index (Phi) is 5.09. The van der Waals surface area contributed by atoms with Gasteiger partial charge in [-0.1, -0.05) is 21.1 Å². The standard InChI is InChI=1S/C23H18BrN5O4/c1-23(2)32-21(30)19(22(31)33-23)10-14-11-28(20-18(14)4-3-9-25-20)12-16-13-29(27-26-16)17-7-5-15(24)6-8-17/h3-11,13H,12H2,1-2H3. The average molecular weight is 508 g/mol. The number of hydrogen-bond donors (Lipinski definition) is 0. The molecule has 0 aliphatic carbocycles. The molecule has 33 heavy (non-hydrogen) atoms. The number of hydrogen-bond acceptors (Lipinski definition) is 7. The van der Waals surface area contributed by atoms with Crippen LogP contribution in [0.25, 0.3) is 22.8 Å². The maximum atomic E-state index is 12.4. The summed E-state index contributed by atoms with van der Waals surface area (Å²) < 4.78 is 15.0. The molecule has 1 fully saturated rings. The number of ether oxygens (including phenoxy) is 2. The molecule has 1 aromatic carbocycles. The second-order valence-electron chi connectivity index (χ2n) is 7.95. The number of carbonyl (C=O) groups excluding carboxylic acids is 2. The van der Waals surface area contributed by atoms with Crippen LogP contribution in [0.4, 0.5) is 0 Å². The molecule has 3 aromatic heterocycles. The van der Waals surface area contributed by atoms with Gasteiger partial charge in [-0.15, -0.1) is 5.10 Å². The van der Waals surface area contributed by atoms with Crippen molar-refractivity contribution in [2.24, 2.45) is 0 Å². The summed E-state index contributed by atoms with van der Waals surface area (Å²) in [6.07, 6.45) is 6.80. The summed E-state index contributed by atoms with van der Waals surface area (Å²) in [5, 5.41) is 9.25. The lowest BCUT2D eigenvalue weighted by Crippen LogP contribution is -2.41. The first-order valence-electron chi connectivity index (χ1n) is 10.1. The van der Waals surface area contributed by atoms with Crippen LogP contribution in [0.15, 0.2) is 65.0 Å². The largest absolute Gasteiger partial charge is 0.419 e. The fraction of sp³-hybridized carbons (Fsp3) is 0.174. The normalized spacial score (nSPS) is 15.4. The summed E-state index contributed by atoms with van der Waals surface area (Å²) >= 11 is 3.42. The summed E-state index contributed by atoms with van der Waals surface area (Å²) in [4.78, 5) is 29.2. The van der Waals surface area contributed by atoms with E-state index < -0.39 is 17.7 Å². The van der Waals surface area contributed by atoms with Crippen molar-refractivity contribution in [3.8, 4) is 5.69 Å². The maximum absolute atomic E-state index is 12.4. The molecule has 0 spiro atoms. The number of pyridine rings is 1. The number of esters is 2. The molecule has 0 unspecified atom stereocenters. The van der Waals surface area contributed by atoms with E-state index in [1.165, 1.54) is 19.9 Å². The molecule has 0 bridgehead atoms. The van der Waals surface area contributed by atoms with Crippen molar-refractivity contribution in [3.05, 3.63) is 76.3 Å². The van der Waals surface area contributed by atoms with Crippen LogP contribution in [0, 0.1) is 0 Å². The van der Waals surface area contributed by atoms with E-state index in [0.717, 1.165) is 21.2 Å². The topological polar surface area (TPSA) is 101 Å². The van der Waals surface area contributed by atoms with E-state index in [0.29, 0.717) is 17.8 Å². The van der Waals surface area contributed by atoms with E-state index in [1.54, 1.807) is 16.9 Å². The lowest BCUT2D eigenvalue weighted by Gasteiger charge is -2.29. The van der Waals surface area contributed by atoms with Crippen molar-refractivity contribution in [1.82, 2.24) is 24.5 Å². The summed E-state index contributed by atoms with van der Waals surface area (Å²) in [6, 6.07) is 11.4. The van der Waals surface area contributed by atoms with Gasteiger partial charge in [0.25, 0.3) is 5.79 Å². The van der Waals surface area contributed by atoms with Gasteiger partial charge in [0.1, 0.15) is 16.9 Å². The number of fused-ring (bicyclic) bond motifs is 1. The number of rotatable bonds is 4. The number of benzene rings is 1. The van der Waals surface area contributed by atoms with Crippen LogP contribution in [0.3, 0.4) is 0 Å². The first kappa shape index (κ1) is 21.1. The van der Waals surface area contributed by atoms with Gasteiger partial charge >= 0.3 is 11.9 Å². The molecule has 0 amide bonds. The van der Waals surface area contributed by atoms with Crippen molar-refractivity contribution in [2.45, 2.75) is 26.2 Å². The molecule has 0 saturated carbocycles. The van der Waals surface area contributed by atoms with Gasteiger partial charge in [-0.05, 0) is 42.5 Å². The van der Waals surface area contributed by atoms with Crippen molar-refractivity contribution >= 4 is 45.0 Å². The van der Waals surface area contributed by atoms with Gasteiger partial charge in [0.05, 0.1) is 18.4 Å². The van der Waals surface area contributed by atoms with E-state index in [2.05, 4.69) is 31.2 Å². The first-order chi connectivity index (χ1) is 15.8. The molecule has 10 heteroatoms. The van der Waals surface area contributed by atoms with E-state index in [-0.39, 0.29) is 5.57 Å². The zero-order valence-corrected chi connectivity index (χ0v) is 19.3. The fourth-order valence-electron chi connectivity index (χ4n) is 3.58. The lowest BCUT2D eigenvalue weighted by molar-refractivity contribution is -0.222. The number of cyclic esters (lactones) is 2. The molecule has 1 saturated heterocycles. The van der Waals surface area contributed by atoms with Crippen LogP contribution in [-0.2, 0) is 25.6 Å². The molecule has 0 N–H and O–H groups in total. The summed E-state index contributed by atoms with van der Waals surface area (Å²) in [7, 11) is 0. The van der Waals surface area contributed by atoms with E-state index in [9.17, 15) is 9.59 Å². The van der Waals surface area contributed by atoms with Crippen molar-refractivity contribution in [1.29, 1.82) is 0 Å². The Morgan fingerprint density at radius 1 is 1.06 bits per heavy atom. The van der Waals surface area contributed by atoms with Gasteiger partial charge in [-0.3, -0.25) is 0 Å². The fourth-order valence-corrected chi connectivity index (χ4v) is 3.85. The molecule has 1 aliphatic heterocycles. The summed E-state index contributed by atoms with van der Waals surface area (Å²) in [6.45, 7) is 3.42. The van der Waals surface area contributed by atoms with Gasteiger partial charge in [0.2, 0.25) is 0 Å². The van der Waals surface area contributed by atoms with E-state index in [4.69, 9.17) is 9.47 Å². The van der Waals surface area contributed by atoms with Gasteiger partial charge < -0.3 is 14.0 Å². The van der Waals surface area contributed by atoms with Gasteiger partial charge in [0, 0.05) is 41.7 Å². The molecular formula is C23H18BrN5O4. The quantitative estimate of drug-likeness (QED) is 0.236. The Balaban J connectivity index is 1.48. The van der Waals surface area contributed by atoms with Crippen LogP contribution < -0.4 is 0 Å². The zero-order valence-electron chi connectivity index (χ0n) is 17.7. The van der Waals surface area contributed by atoms with Crippen molar-refractivity contribution in [2.75, 3.05) is 0 Å². The molecular weight excluding hydrogens is 490 g/mol. The molecule has 166 valence electrons. The minimum Gasteiger partial charge on any atom is -0.419 e. The summed E-state index contributed by atoms with van der Waals surface area (Å²) in [5.74, 6) is -2.74. The lowest BCUT2D eigenvalue weighted by atomic mass is 10.1. The Morgan fingerprint density at radius 3 is 2.52 bits per heavy atom. The molecule has 4 aromatic rings. The van der Waals surface area contributed by atoms with Crippen LogP contribution in [-0.4, -0.2) is 42.3 Å². The highest BCUT2D eigenvalue weighted by molar-refractivity contribution is 9.10. The molecule has 9 nitrogen and oxygen atoms in total. The highest BCUT2D eigenvalue weighted by atomic mass is 79.9. The van der Waals surface area contributed by atoms with Crippen LogP contribution in [0.5, 0.6) is 0 Å². The van der Waals surface area contributed by atoms with Gasteiger partial charge in [-0.2, -0.15) is 0 Å². The molecule has 5 rings (SSSR count). The third-order valence-corrected chi connectivity index (χ3v) is 5.57. The first-order valence-corrected chi connectivity index (χ1v) is 10.9. The van der Waals surface area contributed by atoms with E-state index in [1.807, 2.05) is 47.3 Å². The predicted octanol–water partition coefficient (Wildman–Crippen LogP) is 3.65. The second-order valence-corrected chi connectivity index (χ2v) is 8.87. The number of aromatic nitrogens is 5. The summed E-state index contributed by atoms with van der Waals surface area (Å²) in [5.41, 5.74) is 2.76. The number of halogens is 1. The number of carbonyl (C=O) groups is 2. The van der Waals surface area contributed by atoms with Crippen LogP contribution >= 0.6 is 15.9 Å². The Bertz CT molecular complexity index is 1400. The monoisotopic (exact) mass is 507 g/mol. The highest BCUT2D eigenvalue weighted by Crippen LogP contribution is 2.27. The van der Waals surface area contributed by atoms with Gasteiger partial charge in [-0.25, -0.2) is 19.3 Å². The van der Waals surface area contributed by atoms with E-state index >= 15 is 0 Å². The van der Waals surface area contributed by atoms with Gasteiger partial charge in [0.15, 0.2) is 0 Å². The predicted molar refractivity (Wildman–Crippen MR) is 122 cm³/mol. The Morgan fingerprint density at radius 2 is 1.79 bits per heavy atom. The average Bonchev–Trinajstić information content (AvgIpc) is 3.36. The minimum absolute atomic E-state index is 0.168. The van der Waals surface area contributed by atoms with Crippen LogP contribution in [0.2, 0.25) is 0 Å². The Hall–Kier alpha value is -3.79. The Labute approximate surface area is 196 Å². The maximum Gasteiger partial charge on any atom is 0.348 e. The third-order valence-electron chi connectivity index (χ3n) is 5.05. The van der Waals surface area contributed by atoms with Crippen LogP contribution in [0.1, 0.15) is 25.1 Å². The zero-order chi connectivity index (χ0) is 23.2. The third kappa shape index (κ3) is 4.17. The molecule has 0 radical (unpaired) electrons. The molecule has 4 heterocycles. The SMILES string of the molecule is CC1(C)OC(=O)C(=Cc2cn(Cc3cn(-c4ccc(Br)cc4)nn3)c3ncccc23)C(=O)O1.